The van der Waals surface area contributed by atoms with Crippen LogP contribution in [0.4, 0.5) is 0 Å². The monoisotopic (exact) mass is 237 g/mol. The van der Waals surface area contributed by atoms with Gasteiger partial charge in [0, 0.05) is 19.1 Å². The Morgan fingerprint density at radius 1 is 1.35 bits per heavy atom. The number of likely N-dealkylation sites (tertiary alicyclic amines) is 1. The fourth-order valence-electron chi connectivity index (χ4n) is 2.80. The molecule has 0 spiro atoms. The highest BCUT2D eigenvalue weighted by molar-refractivity contribution is 4.96. The van der Waals surface area contributed by atoms with Crippen LogP contribution in [-0.4, -0.2) is 36.6 Å². The zero-order valence-corrected chi connectivity index (χ0v) is 11.8. The molecule has 1 N–H and O–H groups in total. The second kappa shape index (κ2) is 6.37. The minimum Gasteiger partial charge on any atom is -0.300 e. The smallest absolute Gasteiger partial charge is 0.108 e. The van der Waals surface area contributed by atoms with Crippen LogP contribution in [0.5, 0.6) is 0 Å². The molecule has 0 aliphatic carbocycles. The molecule has 1 rings (SSSR count). The fraction of sp³-hybridized carbons (Fsp3) is 0.929. The number of nitriles is 1. The first-order valence-electron chi connectivity index (χ1n) is 6.93. The molecule has 0 saturated carbocycles. The van der Waals surface area contributed by atoms with E-state index in [2.05, 4.69) is 44.0 Å². The average molecular weight is 237 g/mol. The first-order chi connectivity index (χ1) is 8.05. The predicted octanol–water partition coefficient (Wildman–Crippen LogP) is 2.39. The maximum Gasteiger partial charge on any atom is 0.108 e. The van der Waals surface area contributed by atoms with Crippen LogP contribution in [0.15, 0.2) is 0 Å². The summed E-state index contributed by atoms with van der Waals surface area (Å²) in [5.41, 5.74) is 0.512. The largest absolute Gasteiger partial charge is 0.300 e. The van der Waals surface area contributed by atoms with Crippen molar-refractivity contribution in [1.29, 1.82) is 5.26 Å². The molecule has 1 aliphatic heterocycles. The molecule has 17 heavy (non-hydrogen) atoms. The molecule has 1 saturated heterocycles. The molecule has 1 heterocycles. The van der Waals surface area contributed by atoms with Crippen LogP contribution in [0.25, 0.3) is 0 Å². The summed E-state index contributed by atoms with van der Waals surface area (Å²) in [6, 6.07) is 2.72. The third-order valence-corrected chi connectivity index (χ3v) is 4.15. The lowest BCUT2D eigenvalue weighted by atomic mass is 9.82. The number of rotatable bonds is 6. The zero-order valence-electron chi connectivity index (χ0n) is 11.8. The third-order valence-electron chi connectivity index (χ3n) is 4.15. The standard InChI is InChI=1S/C14H27N3/c1-5-14(6-2)7-8-17(11-14)10-13(9-15)16-12(3)4/h12-13,16H,5-8,10-11H2,1-4H3. The van der Waals surface area contributed by atoms with Gasteiger partial charge in [-0.05, 0) is 45.1 Å². The summed E-state index contributed by atoms with van der Waals surface area (Å²) in [4.78, 5) is 2.45. The minimum atomic E-state index is -0.0282. The van der Waals surface area contributed by atoms with Crippen molar-refractivity contribution in [3.05, 3.63) is 0 Å². The van der Waals surface area contributed by atoms with Gasteiger partial charge in [-0.1, -0.05) is 13.8 Å². The van der Waals surface area contributed by atoms with Gasteiger partial charge in [-0.25, -0.2) is 0 Å². The van der Waals surface area contributed by atoms with E-state index in [9.17, 15) is 0 Å². The molecule has 0 aromatic carbocycles. The first kappa shape index (κ1) is 14.5. The van der Waals surface area contributed by atoms with Gasteiger partial charge in [-0.2, -0.15) is 5.26 Å². The summed E-state index contributed by atoms with van der Waals surface area (Å²) < 4.78 is 0. The van der Waals surface area contributed by atoms with Crippen LogP contribution in [0, 0.1) is 16.7 Å². The lowest BCUT2D eigenvalue weighted by Crippen LogP contribution is -2.42. The van der Waals surface area contributed by atoms with Crippen molar-refractivity contribution in [3.63, 3.8) is 0 Å². The molecule has 3 nitrogen and oxygen atoms in total. The van der Waals surface area contributed by atoms with Crippen molar-refractivity contribution in [2.45, 2.75) is 59.0 Å². The van der Waals surface area contributed by atoms with Gasteiger partial charge >= 0.3 is 0 Å². The van der Waals surface area contributed by atoms with E-state index in [1.54, 1.807) is 0 Å². The second-order valence-electron chi connectivity index (χ2n) is 5.70. The Labute approximate surface area is 106 Å². The van der Waals surface area contributed by atoms with Gasteiger partial charge in [0.05, 0.1) is 6.07 Å². The highest BCUT2D eigenvalue weighted by Gasteiger charge is 2.35. The summed E-state index contributed by atoms with van der Waals surface area (Å²) in [6.07, 6.45) is 3.81. The molecule has 98 valence electrons. The molecular formula is C14H27N3. The molecular weight excluding hydrogens is 210 g/mol. The number of nitrogens with zero attached hydrogens (tertiary/aromatic N) is 2. The van der Waals surface area contributed by atoms with E-state index in [4.69, 9.17) is 5.26 Å². The van der Waals surface area contributed by atoms with Gasteiger partial charge in [0.2, 0.25) is 0 Å². The van der Waals surface area contributed by atoms with Gasteiger partial charge in [-0.3, -0.25) is 5.32 Å². The summed E-state index contributed by atoms with van der Waals surface area (Å²) in [7, 11) is 0. The molecule has 0 amide bonds. The molecule has 0 aromatic rings. The highest BCUT2D eigenvalue weighted by Crippen LogP contribution is 2.36. The molecule has 1 aliphatic rings. The van der Waals surface area contributed by atoms with Crippen molar-refractivity contribution in [1.82, 2.24) is 10.2 Å². The van der Waals surface area contributed by atoms with Crippen molar-refractivity contribution in [3.8, 4) is 6.07 Å². The van der Waals surface area contributed by atoms with Crippen LogP contribution < -0.4 is 5.32 Å². The molecule has 1 unspecified atom stereocenters. The van der Waals surface area contributed by atoms with E-state index in [1.807, 2.05) is 0 Å². The van der Waals surface area contributed by atoms with Gasteiger partial charge < -0.3 is 4.90 Å². The lowest BCUT2D eigenvalue weighted by Gasteiger charge is -2.27. The van der Waals surface area contributed by atoms with Crippen LogP contribution in [0.3, 0.4) is 0 Å². The topological polar surface area (TPSA) is 39.1 Å². The third kappa shape index (κ3) is 3.97. The van der Waals surface area contributed by atoms with Crippen LogP contribution in [0.2, 0.25) is 0 Å². The lowest BCUT2D eigenvalue weighted by molar-refractivity contribution is 0.231. The Balaban J connectivity index is 2.46. The highest BCUT2D eigenvalue weighted by atomic mass is 15.2. The van der Waals surface area contributed by atoms with Crippen LogP contribution in [-0.2, 0) is 0 Å². The average Bonchev–Trinajstić information content (AvgIpc) is 2.72. The zero-order chi connectivity index (χ0) is 12.9. The molecule has 1 fully saturated rings. The Bertz CT molecular complexity index is 263. The van der Waals surface area contributed by atoms with Crippen molar-refractivity contribution in [2.75, 3.05) is 19.6 Å². The minimum absolute atomic E-state index is 0.0282. The van der Waals surface area contributed by atoms with E-state index in [0.717, 1.165) is 19.6 Å². The summed E-state index contributed by atoms with van der Waals surface area (Å²) in [5, 5.41) is 12.5. The molecule has 0 bridgehead atoms. The van der Waals surface area contributed by atoms with Crippen molar-refractivity contribution in [2.24, 2.45) is 5.41 Å². The van der Waals surface area contributed by atoms with Gasteiger partial charge in [0.15, 0.2) is 0 Å². The van der Waals surface area contributed by atoms with E-state index < -0.39 is 0 Å². The summed E-state index contributed by atoms with van der Waals surface area (Å²) in [6.45, 7) is 12.0. The Morgan fingerprint density at radius 3 is 2.41 bits per heavy atom. The van der Waals surface area contributed by atoms with E-state index in [0.29, 0.717) is 11.5 Å². The second-order valence-corrected chi connectivity index (χ2v) is 5.70. The van der Waals surface area contributed by atoms with Gasteiger partial charge in [0.1, 0.15) is 6.04 Å². The van der Waals surface area contributed by atoms with E-state index in [-0.39, 0.29) is 6.04 Å². The maximum absolute atomic E-state index is 9.14. The predicted molar refractivity (Wildman–Crippen MR) is 71.7 cm³/mol. The quantitative estimate of drug-likeness (QED) is 0.771. The van der Waals surface area contributed by atoms with Gasteiger partial charge in [-0.15, -0.1) is 0 Å². The summed E-state index contributed by atoms with van der Waals surface area (Å²) >= 11 is 0. The van der Waals surface area contributed by atoms with Crippen LogP contribution >= 0.6 is 0 Å². The Morgan fingerprint density at radius 2 is 2.00 bits per heavy atom. The molecule has 0 aromatic heterocycles. The fourth-order valence-corrected chi connectivity index (χ4v) is 2.80. The maximum atomic E-state index is 9.14. The van der Waals surface area contributed by atoms with Gasteiger partial charge in [0.25, 0.3) is 0 Å². The van der Waals surface area contributed by atoms with Crippen LogP contribution in [0.1, 0.15) is 47.0 Å². The molecule has 0 radical (unpaired) electrons. The summed E-state index contributed by atoms with van der Waals surface area (Å²) in [5.74, 6) is 0. The number of hydrogen-bond acceptors (Lipinski definition) is 3. The SMILES string of the molecule is CCC1(CC)CCN(CC(C#N)NC(C)C)C1. The van der Waals surface area contributed by atoms with E-state index in [1.165, 1.54) is 19.3 Å². The molecule has 1 atom stereocenters. The van der Waals surface area contributed by atoms with Crippen molar-refractivity contribution < 1.29 is 0 Å². The van der Waals surface area contributed by atoms with Crippen molar-refractivity contribution >= 4 is 0 Å². The van der Waals surface area contributed by atoms with E-state index >= 15 is 0 Å². The molecule has 3 heteroatoms. The number of hydrogen-bond donors (Lipinski definition) is 1. The number of nitrogens with one attached hydrogen (secondary N) is 1. The Hall–Kier alpha value is -0.590. The Kier molecular flexibility index (Phi) is 5.42. The first-order valence-corrected chi connectivity index (χ1v) is 6.93. The normalized spacial score (nSPS) is 21.6.